The normalized spacial score (nSPS) is 11.9. The van der Waals surface area contributed by atoms with Gasteiger partial charge in [0.15, 0.2) is 5.58 Å². The van der Waals surface area contributed by atoms with Crippen LogP contribution in [0.2, 0.25) is 0 Å². The maximum atomic E-state index is 12.1. The van der Waals surface area contributed by atoms with E-state index in [1.54, 1.807) is 0 Å². The molecular weight excluding hydrogens is 239 g/mol. The highest BCUT2D eigenvalue weighted by molar-refractivity contribution is 5.99. The molecule has 0 bridgehead atoms. The first kappa shape index (κ1) is 11.4. The molecule has 0 saturated heterocycles. The minimum Gasteiger partial charge on any atom is -0.478 e. The van der Waals surface area contributed by atoms with E-state index >= 15 is 0 Å². The van der Waals surface area contributed by atoms with Crippen LogP contribution in [-0.2, 0) is 6.42 Å². The lowest BCUT2D eigenvalue weighted by Crippen LogP contribution is -2.11. The van der Waals surface area contributed by atoms with Crippen LogP contribution in [0.4, 0.5) is 13.2 Å². The van der Waals surface area contributed by atoms with Gasteiger partial charge in [-0.15, -0.1) is 0 Å². The average molecular weight is 245 g/mol. The van der Waals surface area contributed by atoms with Crippen molar-refractivity contribution in [3.8, 4) is 0 Å². The Morgan fingerprint density at radius 1 is 1.41 bits per heavy atom. The number of rotatable bonds is 2. The van der Waals surface area contributed by atoms with Gasteiger partial charge in [-0.2, -0.15) is 13.2 Å². The molecule has 0 fully saturated rings. The number of benzene rings is 1. The van der Waals surface area contributed by atoms with Crippen LogP contribution in [-0.4, -0.2) is 22.2 Å². The second-order valence-corrected chi connectivity index (χ2v) is 3.36. The van der Waals surface area contributed by atoms with E-state index in [9.17, 15) is 18.0 Å². The number of carboxylic acid groups (broad SMARTS) is 1. The number of nitrogens with zero attached hydrogens (tertiary/aromatic N) is 1. The number of hydrogen-bond acceptors (Lipinski definition) is 3. The summed E-state index contributed by atoms with van der Waals surface area (Å²) < 4.78 is 41.2. The predicted molar refractivity (Wildman–Crippen MR) is 50.7 cm³/mol. The second kappa shape index (κ2) is 3.76. The molecule has 17 heavy (non-hydrogen) atoms. The monoisotopic (exact) mass is 245 g/mol. The van der Waals surface area contributed by atoms with Crippen molar-refractivity contribution in [1.29, 1.82) is 0 Å². The first-order chi connectivity index (χ1) is 7.87. The fraction of sp³-hybridized carbons (Fsp3) is 0.200. The van der Waals surface area contributed by atoms with Gasteiger partial charge in [0.25, 0.3) is 0 Å². The lowest BCUT2D eigenvalue weighted by atomic mass is 10.2. The topological polar surface area (TPSA) is 63.3 Å². The molecule has 1 heterocycles. The predicted octanol–water partition coefficient (Wildman–Crippen LogP) is 2.63. The zero-order valence-electron chi connectivity index (χ0n) is 8.28. The van der Waals surface area contributed by atoms with Gasteiger partial charge in [-0.25, -0.2) is 9.78 Å². The SMILES string of the molecule is O=C(O)c1cccc2nc(CC(F)(F)F)oc12. The number of carboxylic acids is 1. The van der Waals surface area contributed by atoms with Gasteiger partial charge < -0.3 is 9.52 Å². The Morgan fingerprint density at radius 3 is 2.71 bits per heavy atom. The van der Waals surface area contributed by atoms with E-state index in [1.165, 1.54) is 18.2 Å². The van der Waals surface area contributed by atoms with Crippen molar-refractivity contribution in [2.75, 3.05) is 0 Å². The number of aromatic carboxylic acids is 1. The van der Waals surface area contributed by atoms with Crippen LogP contribution in [0.25, 0.3) is 11.1 Å². The molecule has 0 saturated carbocycles. The Morgan fingerprint density at radius 2 is 2.12 bits per heavy atom. The summed E-state index contributed by atoms with van der Waals surface area (Å²) in [4.78, 5) is 14.4. The lowest BCUT2D eigenvalue weighted by Gasteiger charge is -2.00. The largest absolute Gasteiger partial charge is 0.478 e. The van der Waals surface area contributed by atoms with Gasteiger partial charge in [-0.1, -0.05) is 6.07 Å². The van der Waals surface area contributed by atoms with Crippen LogP contribution in [0, 0.1) is 0 Å². The summed E-state index contributed by atoms with van der Waals surface area (Å²) in [5.41, 5.74) is -0.244. The Balaban J connectivity index is 2.50. The molecule has 0 aliphatic rings. The summed E-state index contributed by atoms with van der Waals surface area (Å²) in [6, 6.07) is 4.03. The third-order valence-electron chi connectivity index (χ3n) is 2.04. The smallest absolute Gasteiger partial charge is 0.397 e. The maximum absolute atomic E-state index is 12.1. The van der Waals surface area contributed by atoms with E-state index in [2.05, 4.69) is 4.98 Å². The molecule has 0 aliphatic heterocycles. The number of alkyl halides is 3. The van der Waals surface area contributed by atoms with Crippen molar-refractivity contribution >= 4 is 17.1 Å². The number of fused-ring (bicyclic) bond motifs is 1. The summed E-state index contributed by atoms with van der Waals surface area (Å²) in [7, 11) is 0. The molecule has 4 nitrogen and oxygen atoms in total. The summed E-state index contributed by atoms with van der Waals surface area (Å²) >= 11 is 0. The van der Waals surface area contributed by atoms with E-state index in [-0.39, 0.29) is 16.7 Å². The molecule has 1 N–H and O–H groups in total. The summed E-state index contributed by atoms with van der Waals surface area (Å²) in [6.07, 6.45) is -5.76. The Hall–Kier alpha value is -2.05. The van der Waals surface area contributed by atoms with Gasteiger partial charge in [-0.3, -0.25) is 0 Å². The highest BCUT2D eigenvalue weighted by Crippen LogP contribution is 2.25. The van der Waals surface area contributed by atoms with Gasteiger partial charge in [0, 0.05) is 0 Å². The van der Waals surface area contributed by atoms with Crippen molar-refractivity contribution < 1.29 is 27.5 Å². The fourth-order valence-corrected chi connectivity index (χ4v) is 1.41. The standard InChI is InChI=1S/C10H6F3NO3/c11-10(12,13)4-7-14-6-3-1-2-5(9(15)16)8(6)17-7/h1-3H,4H2,(H,15,16). The van der Waals surface area contributed by atoms with Gasteiger partial charge in [0.2, 0.25) is 5.89 Å². The van der Waals surface area contributed by atoms with Gasteiger partial charge in [-0.05, 0) is 12.1 Å². The summed E-state index contributed by atoms with van der Waals surface area (Å²) in [5, 5.41) is 8.81. The Bertz CT molecular complexity index is 574. The molecule has 0 aliphatic carbocycles. The molecule has 0 spiro atoms. The number of halogens is 3. The van der Waals surface area contributed by atoms with Gasteiger partial charge in [0.05, 0.1) is 0 Å². The minimum absolute atomic E-state index is 0.101. The molecule has 1 aromatic carbocycles. The molecule has 7 heteroatoms. The van der Waals surface area contributed by atoms with Crippen molar-refractivity contribution in [2.24, 2.45) is 0 Å². The van der Waals surface area contributed by atoms with Crippen LogP contribution in [0.3, 0.4) is 0 Å². The zero-order valence-corrected chi connectivity index (χ0v) is 8.28. The highest BCUT2D eigenvalue weighted by Gasteiger charge is 2.31. The molecule has 0 radical (unpaired) electrons. The lowest BCUT2D eigenvalue weighted by molar-refractivity contribution is -0.130. The molecule has 90 valence electrons. The van der Waals surface area contributed by atoms with Crippen LogP contribution >= 0.6 is 0 Å². The molecular formula is C10H6F3NO3. The average Bonchev–Trinajstić information content (AvgIpc) is 2.55. The van der Waals surface area contributed by atoms with Crippen molar-refractivity contribution in [1.82, 2.24) is 4.98 Å². The van der Waals surface area contributed by atoms with Crippen LogP contribution in [0.15, 0.2) is 22.6 Å². The van der Waals surface area contributed by atoms with Crippen molar-refractivity contribution in [2.45, 2.75) is 12.6 Å². The second-order valence-electron chi connectivity index (χ2n) is 3.36. The zero-order chi connectivity index (χ0) is 12.6. The van der Waals surface area contributed by atoms with E-state index in [0.29, 0.717) is 0 Å². The van der Waals surface area contributed by atoms with E-state index in [0.717, 1.165) is 0 Å². The number of para-hydroxylation sites is 1. The van der Waals surface area contributed by atoms with Gasteiger partial charge in [0.1, 0.15) is 17.5 Å². The maximum Gasteiger partial charge on any atom is 0.397 e. The first-order valence-electron chi connectivity index (χ1n) is 4.55. The van der Waals surface area contributed by atoms with E-state index in [4.69, 9.17) is 9.52 Å². The van der Waals surface area contributed by atoms with Crippen LogP contribution < -0.4 is 0 Å². The Labute approximate surface area is 92.7 Å². The molecule has 2 rings (SSSR count). The molecule has 0 atom stereocenters. The van der Waals surface area contributed by atoms with E-state index < -0.39 is 24.5 Å². The van der Waals surface area contributed by atoms with Crippen molar-refractivity contribution in [3.63, 3.8) is 0 Å². The molecule has 0 unspecified atom stereocenters. The summed E-state index contributed by atoms with van der Waals surface area (Å²) in [5.74, 6) is -1.81. The Kier molecular flexibility index (Phi) is 2.53. The number of oxazole rings is 1. The highest BCUT2D eigenvalue weighted by atomic mass is 19.4. The van der Waals surface area contributed by atoms with Crippen molar-refractivity contribution in [3.05, 3.63) is 29.7 Å². The fourth-order valence-electron chi connectivity index (χ4n) is 1.41. The first-order valence-corrected chi connectivity index (χ1v) is 4.55. The third-order valence-corrected chi connectivity index (χ3v) is 2.04. The van der Waals surface area contributed by atoms with Crippen LogP contribution in [0.5, 0.6) is 0 Å². The minimum atomic E-state index is -4.44. The molecule has 0 amide bonds. The summed E-state index contributed by atoms with van der Waals surface area (Å²) in [6.45, 7) is 0. The van der Waals surface area contributed by atoms with Crippen LogP contribution in [0.1, 0.15) is 16.2 Å². The quantitative estimate of drug-likeness (QED) is 0.883. The third kappa shape index (κ3) is 2.38. The van der Waals surface area contributed by atoms with Gasteiger partial charge >= 0.3 is 12.1 Å². The molecule has 2 aromatic rings. The number of hydrogen-bond donors (Lipinski definition) is 1. The van der Waals surface area contributed by atoms with E-state index in [1.807, 2.05) is 0 Å². The number of carbonyl (C=O) groups is 1. The molecule has 1 aromatic heterocycles. The number of aromatic nitrogens is 1.